The van der Waals surface area contributed by atoms with Crippen LogP contribution in [-0.2, 0) is 16.6 Å². The molecule has 0 aliphatic rings. The van der Waals surface area contributed by atoms with Crippen LogP contribution in [0.2, 0.25) is 0 Å². The van der Waals surface area contributed by atoms with Crippen LogP contribution in [0.25, 0.3) is 0 Å². The third kappa shape index (κ3) is 3.30. The molecule has 106 valence electrons. The van der Waals surface area contributed by atoms with Crippen molar-refractivity contribution in [2.24, 2.45) is 0 Å². The van der Waals surface area contributed by atoms with E-state index in [1.807, 2.05) is 24.3 Å². The van der Waals surface area contributed by atoms with Crippen LogP contribution in [0.5, 0.6) is 11.5 Å². The van der Waals surface area contributed by atoms with Crippen molar-refractivity contribution in [3.8, 4) is 11.5 Å². The predicted molar refractivity (Wildman–Crippen MR) is 80.5 cm³/mol. The molecule has 2 N–H and O–H groups in total. The first-order valence-corrected chi connectivity index (χ1v) is 7.40. The van der Waals surface area contributed by atoms with Crippen LogP contribution in [0, 0.1) is 0 Å². The summed E-state index contributed by atoms with van der Waals surface area (Å²) in [7, 11) is 2.02. The summed E-state index contributed by atoms with van der Waals surface area (Å²) in [6, 6.07) is 12.7. The van der Waals surface area contributed by atoms with Crippen molar-refractivity contribution in [2.75, 3.05) is 20.0 Å². The lowest BCUT2D eigenvalue weighted by Gasteiger charge is -2.08. The molecule has 0 fully saturated rings. The van der Waals surface area contributed by atoms with Gasteiger partial charge < -0.3 is 15.2 Å². The van der Waals surface area contributed by atoms with Gasteiger partial charge in [0.05, 0.1) is 36.5 Å². The Bertz CT molecular complexity index is 628. The monoisotopic (exact) mass is 291 g/mol. The van der Waals surface area contributed by atoms with Gasteiger partial charge in [0, 0.05) is 4.90 Å². The molecule has 0 bridgehead atoms. The summed E-state index contributed by atoms with van der Waals surface area (Å²) < 4.78 is 22.6. The molecule has 1 unspecified atom stereocenters. The van der Waals surface area contributed by atoms with Crippen molar-refractivity contribution in [3.63, 3.8) is 0 Å². The van der Waals surface area contributed by atoms with E-state index in [4.69, 9.17) is 15.2 Å². The standard InChI is InChI=1S/C15H17NO3S/c1-18-12-4-3-5-13(9-12)20(17)10-11-6-7-15(19-2)14(16)8-11/h3-9H,10,16H2,1-2H3. The van der Waals surface area contributed by atoms with Gasteiger partial charge in [0.25, 0.3) is 0 Å². The van der Waals surface area contributed by atoms with E-state index in [1.165, 1.54) is 0 Å². The van der Waals surface area contributed by atoms with E-state index in [1.54, 1.807) is 32.4 Å². The Hall–Kier alpha value is -2.01. The number of methoxy groups -OCH3 is 2. The molecule has 20 heavy (non-hydrogen) atoms. The fraction of sp³-hybridized carbons (Fsp3) is 0.200. The quantitative estimate of drug-likeness (QED) is 0.860. The maximum Gasteiger partial charge on any atom is 0.141 e. The maximum atomic E-state index is 12.3. The van der Waals surface area contributed by atoms with Gasteiger partial charge in [-0.25, -0.2) is 0 Å². The molecule has 0 heterocycles. The normalized spacial score (nSPS) is 11.9. The van der Waals surface area contributed by atoms with E-state index >= 15 is 0 Å². The summed E-state index contributed by atoms with van der Waals surface area (Å²) in [5.41, 5.74) is 7.30. The van der Waals surface area contributed by atoms with Crippen molar-refractivity contribution in [2.45, 2.75) is 10.6 Å². The molecule has 2 aromatic carbocycles. The number of nitrogens with two attached hydrogens (primary N) is 1. The summed E-state index contributed by atoms with van der Waals surface area (Å²) in [6.45, 7) is 0. The van der Waals surface area contributed by atoms with Gasteiger partial charge in [0.15, 0.2) is 0 Å². The molecule has 0 aliphatic carbocycles. The highest BCUT2D eigenvalue weighted by molar-refractivity contribution is 7.84. The molecule has 0 saturated heterocycles. The van der Waals surface area contributed by atoms with Crippen LogP contribution in [0.15, 0.2) is 47.4 Å². The Labute approximate surface area is 121 Å². The van der Waals surface area contributed by atoms with Crippen molar-refractivity contribution in [1.29, 1.82) is 0 Å². The highest BCUT2D eigenvalue weighted by Gasteiger charge is 2.08. The summed E-state index contributed by atoms with van der Waals surface area (Å²) in [6.07, 6.45) is 0. The third-order valence-electron chi connectivity index (χ3n) is 2.90. The van der Waals surface area contributed by atoms with E-state index in [0.717, 1.165) is 10.5 Å². The fourth-order valence-electron chi connectivity index (χ4n) is 1.85. The second kappa shape index (κ2) is 6.43. The molecule has 0 aliphatic heterocycles. The maximum absolute atomic E-state index is 12.3. The van der Waals surface area contributed by atoms with Crippen molar-refractivity contribution >= 4 is 16.5 Å². The first-order valence-electron chi connectivity index (χ1n) is 6.09. The Morgan fingerprint density at radius 3 is 2.55 bits per heavy atom. The van der Waals surface area contributed by atoms with Gasteiger partial charge in [-0.15, -0.1) is 0 Å². The number of benzene rings is 2. The third-order valence-corrected chi connectivity index (χ3v) is 4.27. The first-order chi connectivity index (χ1) is 9.63. The van der Waals surface area contributed by atoms with Crippen LogP contribution < -0.4 is 15.2 Å². The lowest BCUT2D eigenvalue weighted by Crippen LogP contribution is -1.99. The van der Waals surface area contributed by atoms with Crippen LogP contribution >= 0.6 is 0 Å². The summed E-state index contributed by atoms with van der Waals surface area (Å²) in [5.74, 6) is 1.73. The smallest absolute Gasteiger partial charge is 0.141 e. The SMILES string of the molecule is COc1cccc(S(=O)Cc2ccc(OC)c(N)c2)c1. The molecule has 0 aromatic heterocycles. The molecule has 2 rings (SSSR count). The van der Waals surface area contributed by atoms with Gasteiger partial charge in [-0.05, 0) is 35.9 Å². The van der Waals surface area contributed by atoms with E-state index in [9.17, 15) is 4.21 Å². The van der Waals surface area contributed by atoms with Crippen LogP contribution in [-0.4, -0.2) is 18.4 Å². The Balaban J connectivity index is 2.16. The second-order valence-electron chi connectivity index (χ2n) is 4.25. The largest absolute Gasteiger partial charge is 0.497 e. The number of ether oxygens (including phenoxy) is 2. The van der Waals surface area contributed by atoms with Gasteiger partial charge in [0.2, 0.25) is 0 Å². The van der Waals surface area contributed by atoms with Crippen LogP contribution in [0.4, 0.5) is 5.69 Å². The van der Waals surface area contributed by atoms with Gasteiger partial charge >= 0.3 is 0 Å². The number of anilines is 1. The summed E-state index contributed by atoms with van der Waals surface area (Å²) in [5, 5.41) is 0. The minimum absolute atomic E-state index is 0.404. The molecule has 1 atom stereocenters. The average Bonchev–Trinajstić information content (AvgIpc) is 2.47. The van der Waals surface area contributed by atoms with Crippen LogP contribution in [0.3, 0.4) is 0 Å². The number of hydrogen-bond acceptors (Lipinski definition) is 4. The van der Waals surface area contributed by atoms with Crippen molar-refractivity contribution < 1.29 is 13.7 Å². The minimum atomic E-state index is -1.14. The summed E-state index contributed by atoms with van der Waals surface area (Å²) in [4.78, 5) is 0.735. The predicted octanol–water partition coefficient (Wildman–Crippen LogP) is 2.59. The number of rotatable bonds is 5. The molecular formula is C15H17NO3S. The molecule has 5 heteroatoms. The highest BCUT2D eigenvalue weighted by Crippen LogP contribution is 2.24. The van der Waals surface area contributed by atoms with Crippen molar-refractivity contribution in [1.82, 2.24) is 0 Å². The van der Waals surface area contributed by atoms with Gasteiger partial charge in [-0.3, -0.25) is 4.21 Å². The second-order valence-corrected chi connectivity index (χ2v) is 5.70. The molecule has 0 amide bonds. The topological polar surface area (TPSA) is 61.5 Å². The minimum Gasteiger partial charge on any atom is -0.497 e. The number of hydrogen-bond donors (Lipinski definition) is 1. The Morgan fingerprint density at radius 1 is 1.10 bits per heavy atom. The zero-order chi connectivity index (χ0) is 14.5. The zero-order valence-corrected chi connectivity index (χ0v) is 12.3. The van der Waals surface area contributed by atoms with E-state index in [-0.39, 0.29) is 0 Å². The first kappa shape index (κ1) is 14.4. The molecule has 0 radical (unpaired) electrons. The van der Waals surface area contributed by atoms with E-state index < -0.39 is 10.8 Å². The molecule has 0 saturated carbocycles. The van der Waals surface area contributed by atoms with E-state index in [0.29, 0.717) is 22.9 Å². The summed E-state index contributed by atoms with van der Waals surface area (Å²) >= 11 is 0. The van der Waals surface area contributed by atoms with Gasteiger partial charge in [0.1, 0.15) is 11.5 Å². The molecular weight excluding hydrogens is 274 g/mol. The highest BCUT2D eigenvalue weighted by atomic mass is 32.2. The Morgan fingerprint density at radius 2 is 1.90 bits per heavy atom. The zero-order valence-electron chi connectivity index (χ0n) is 11.5. The van der Waals surface area contributed by atoms with Gasteiger partial charge in [-0.1, -0.05) is 12.1 Å². The lowest BCUT2D eigenvalue weighted by atomic mass is 10.2. The average molecular weight is 291 g/mol. The van der Waals surface area contributed by atoms with Gasteiger partial charge in [-0.2, -0.15) is 0 Å². The van der Waals surface area contributed by atoms with Crippen LogP contribution in [0.1, 0.15) is 5.56 Å². The molecule has 4 nitrogen and oxygen atoms in total. The number of nitrogen functional groups attached to an aromatic ring is 1. The Kier molecular flexibility index (Phi) is 4.63. The van der Waals surface area contributed by atoms with E-state index in [2.05, 4.69) is 0 Å². The molecule has 0 spiro atoms. The fourth-order valence-corrected chi connectivity index (χ4v) is 2.98. The molecule has 2 aromatic rings. The van der Waals surface area contributed by atoms with Crippen molar-refractivity contribution in [3.05, 3.63) is 48.0 Å². The lowest BCUT2D eigenvalue weighted by molar-refractivity contribution is 0.413.